The Labute approximate surface area is 203 Å². The van der Waals surface area contributed by atoms with Crippen LogP contribution in [0.1, 0.15) is 49.7 Å². The summed E-state index contributed by atoms with van der Waals surface area (Å²) >= 11 is 0. The maximum absolute atomic E-state index is 10.3. The van der Waals surface area contributed by atoms with Crippen molar-refractivity contribution < 1.29 is 10.2 Å². The van der Waals surface area contributed by atoms with Crippen LogP contribution in [0.25, 0.3) is 5.57 Å². The molecule has 0 atom stereocenters. The Morgan fingerprint density at radius 2 is 1.71 bits per heavy atom. The minimum Gasteiger partial charge on any atom is -0.508 e. The number of nitrogens with zero attached hydrogens (tertiary/aromatic N) is 2. The Balaban J connectivity index is 1.49. The number of aliphatic hydroxyl groups excluding tert-OH is 1. The number of aliphatic hydroxyl groups is 1. The zero-order valence-corrected chi connectivity index (χ0v) is 20.0. The zero-order chi connectivity index (χ0) is 23.3. The SMILES string of the molecule is OCCC/C(C1=CCCC=C1)=C(/c1ccc(N2CCN(C3CC3)CC2)cc1)c1cccc(O)c1. The molecule has 0 amide bonds. The first-order valence-electron chi connectivity index (χ1n) is 12.8. The van der Waals surface area contributed by atoms with E-state index in [-0.39, 0.29) is 12.4 Å². The van der Waals surface area contributed by atoms with Gasteiger partial charge in [-0.05, 0) is 90.6 Å². The van der Waals surface area contributed by atoms with Crippen molar-refractivity contribution in [2.45, 2.75) is 44.6 Å². The molecule has 0 radical (unpaired) electrons. The highest BCUT2D eigenvalue weighted by Crippen LogP contribution is 2.37. The molecule has 3 aliphatic rings. The van der Waals surface area contributed by atoms with E-state index in [0.29, 0.717) is 6.42 Å². The van der Waals surface area contributed by atoms with Crippen LogP contribution in [0.15, 0.2) is 77.9 Å². The number of aromatic hydroxyl groups is 1. The molecule has 1 aliphatic heterocycles. The molecular weight excluding hydrogens is 420 g/mol. The third-order valence-corrected chi connectivity index (χ3v) is 7.26. The summed E-state index contributed by atoms with van der Waals surface area (Å²) in [4.78, 5) is 5.14. The summed E-state index contributed by atoms with van der Waals surface area (Å²) in [6.07, 6.45) is 13.1. The first-order valence-corrected chi connectivity index (χ1v) is 12.8. The summed E-state index contributed by atoms with van der Waals surface area (Å²) in [6.45, 7) is 4.66. The summed E-state index contributed by atoms with van der Waals surface area (Å²) in [5.74, 6) is 0.273. The van der Waals surface area contributed by atoms with Gasteiger partial charge in [0.1, 0.15) is 5.75 Å². The topological polar surface area (TPSA) is 46.9 Å². The molecule has 2 aromatic carbocycles. The molecule has 1 saturated carbocycles. The Morgan fingerprint density at radius 1 is 0.912 bits per heavy atom. The largest absolute Gasteiger partial charge is 0.508 e. The van der Waals surface area contributed by atoms with Gasteiger partial charge in [0, 0.05) is 44.5 Å². The normalized spacial score (nSPS) is 19.7. The van der Waals surface area contributed by atoms with Crippen LogP contribution in [0, 0.1) is 0 Å². The van der Waals surface area contributed by atoms with Gasteiger partial charge >= 0.3 is 0 Å². The second-order valence-electron chi connectivity index (χ2n) is 9.67. The number of hydrogen-bond acceptors (Lipinski definition) is 4. The highest BCUT2D eigenvalue weighted by molar-refractivity contribution is 5.86. The van der Waals surface area contributed by atoms with Crippen molar-refractivity contribution >= 4 is 11.3 Å². The third-order valence-electron chi connectivity index (χ3n) is 7.26. The lowest BCUT2D eigenvalue weighted by molar-refractivity contribution is 0.248. The lowest BCUT2D eigenvalue weighted by Crippen LogP contribution is -2.47. The van der Waals surface area contributed by atoms with Crippen molar-refractivity contribution in [2.24, 2.45) is 0 Å². The molecule has 0 bridgehead atoms. The van der Waals surface area contributed by atoms with Gasteiger partial charge in [-0.3, -0.25) is 4.90 Å². The maximum Gasteiger partial charge on any atom is 0.116 e. The molecule has 2 aliphatic carbocycles. The third kappa shape index (κ3) is 5.29. The summed E-state index contributed by atoms with van der Waals surface area (Å²) in [5.41, 5.74) is 7.06. The number of anilines is 1. The van der Waals surface area contributed by atoms with Crippen LogP contribution in [-0.2, 0) is 0 Å². The molecule has 2 N–H and O–H groups in total. The molecule has 0 aromatic heterocycles. The van der Waals surface area contributed by atoms with Crippen molar-refractivity contribution in [1.82, 2.24) is 4.90 Å². The van der Waals surface area contributed by atoms with Gasteiger partial charge in [-0.2, -0.15) is 0 Å². The van der Waals surface area contributed by atoms with Crippen LogP contribution >= 0.6 is 0 Å². The van der Waals surface area contributed by atoms with Gasteiger partial charge in [0.15, 0.2) is 0 Å². The van der Waals surface area contributed by atoms with Crippen LogP contribution in [0.5, 0.6) is 5.75 Å². The molecule has 1 saturated heterocycles. The number of phenolic OH excluding ortho intramolecular Hbond substituents is 1. The zero-order valence-electron chi connectivity index (χ0n) is 20.0. The molecule has 0 spiro atoms. The van der Waals surface area contributed by atoms with Gasteiger partial charge in [-0.1, -0.05) is 42.5 Å². The van der Waals surface area contributed by atoms with E-state index >= 15 is 0 Å². The van der Waals surface area contributed by atoms with E-state index in [9.17, 15) is 10.2 Å². The molecule has 5 rings (SSSR count). The number of piperazine rings is 1. The average Bonchev–Trinajstić information content (AvgIpc) is 3.73. The second-order valence-corrected chi connectivity index (χ2v) is 9.67. The van der Waals surface area contributed by atoms with Crippen LogP contribution in [0.2, 0.25) is 0 Å². The maximum atomic E-state index is 10.3. The minimum absolute atomic E-state index is 0.166. The lowest BCUT2D eigenvalue weighted by Gasteiger charge is -2.36. The second kappa shape index (κ2) is 10.6. The van der Waals surface area contributed by atoms with Crippen LogP contribution in [-0.4, -0.2) is 53.9 Å². The summed E-state index contributed by atoms with van der Waals surface area (Å²) in [7, 11) is 0. The van der Waals surface area contributed by atoms with Gasteiger partial charge in [-0.25, -0.2) is 0 Å². The number of phenols is 1. The van der Waals surface area contributed by atoms with E-state index in [1.54, 1.807) is 6.07 Å². The van der Waals surface area contributed by atoms with E-state index < -0.39 is 0 Å². The van der Waals surface area contributed by atoms with Gasteiger partial charge in [0.25, 0.3) is 0 Å². The predicted molar refractivity (Wildman–Crippen MR) is 140 cm³/mol. The lowest BCUT2D eigenvalue weighted by atomic mass is 9.85. The Morgan fingerprint density at radius 3 is 2.35 bits per heavy atom. The first-order chi connectivity index (χ1) is 16.7. The van der Waals surface area contributed by atoms with Crippen LogP contribution in [0.3, 0.4) is 0 Å². The Bertz CT molecular complexity index is 1070. The highest BCUT2D eigenvalue weighted by atomic mass is 16.3. The summed E-state index contributed by atoms with van der Waals surface area (Å²) < 4.78 is 0. The van der Waals surface area contributed by atoms with Crippen molar-refractivity contribution in [3.05, 3.63) is 89.0 Å². The van der Waals surface area contributed by atoms with Crippen molar-refractivity contribution in [3.8, 4) is 5.75 Å². The van der Waals surface area contributed by atoms with Gasteiger partial charge in [0.2, 0.25) is 0 Å². The fourth-order valence-electron chi connectivity index (χ4n) is 5.31. The van der Waals surface area contributed by atoms with E-state index in [2.05, 4.69) is 58.4 Å². The molecule has 1 heterocycles. The molecule has 4 nitrogen and oxygen atoms in total. The number of rotatable bonds is 8. The van der Waals surface area contributed by atoms with Gasteiger partial charge in [0.05, 0.1) is 0 Å². The summed E-state index contributed by atoms with van der Waals surface area (Å²) in [5, 5.41) is 19.9. The van der Waals surface area contributed by atoms with Crippen molar-refractivity contribution in [1.29, 1.82) is 0 Å². The predicted octanol–water partition coefficient (Wildman–Crippen LogP) is 5.53. The molecule has 178 valence electrons. The number of allylic oxidation sites excluding steroid dienone is 5. The van der Waals surface area contributed by atoms with Crippen molar-refractivity contribution in [2.75, 3.05) is 37.7 Å². The Kier molecular flexibility index (Phi) is 7.17. The number of hydrogen-bond donors (Lipinski definition) is 2. The number of benzene rings is 2. The van der Waals surface area contributed by atoms with Crippen LogP contribution in [0.4, 0.5) is 5.69 Å². The molecule has 0 unspecified atom stereocenters. The summed E-state index contributed by atoms with van der Waals surface area (Å²) in [6, 6.07) is 17.4. The molecule has 34 heavy (non-hydrogen) atoms. The van der Waals surface area contributed by atoms with E-state index in [1.165, 1.54) is 29.7 Å². The van der Waals surface area contributed by atoms with E-state index in [1.807, 2.05) is 12.1 Å². The molecule has 2 aromatic rings. The smallest absolute Gasteiger partial charge is 0.116 e. The Hall–Kier alpha value is -2.82. The van der Waals surface area contributed by atoms with E-state index in [4.69, 9.17) is 0 Å². The average molecular weight is 457 g/mol. The van der Waals surface area contributed by atoms with Gasteiger partial charge < -0.3 is 15.1 Å². The fourth-order valence-corrected chi connectivity index (χ4v) is 5.31. The van der Waals surface area contributed by atoms with Gasteiger partial charge in [-0.15, -0.1) is 0 Å². The standard InChI is InChI=1S/C30H36N2O2/c33-21-5-10-29(23-6-2-1-3-7-23)30(25-8-4-9-28(34)22-25)24-11-13-26(14-12-24)31-17-19-32(20-18-31)27-15-16-27/h2,4,6-9,11-14,22,27,33-34H,1,3,5,10,15-21H2/b30-29+. The van der Waals surface area contributed by atoms with Crippen LogP contribution < -0.4 is 4.90 Å². The molecule has 4 heteroatoms. The van der Waals surface area contributed by atoms with E-state index in [0.717, 1.165) is 68.2 Å². The molecular formula is C30H36N2O2. The minimum atomic E-state index is 0.166. The van der Waals surface area contributed by atoms with Crippen molar-refractivity contribution in [3.63, 3.8) is 0 Å². The quantitative estimate of drug-likeness (QED) is 0.549. The first kappa shape index (κ1) is 22.9. The monoisotopic (exact) mass is 456 g/mol. The highest BCUT2D eigenvalue weighted by Gasteiger charge is 2.31. The fraction of sp³-hybridized carbons (Fsp3) is 0.400. The molecule has 2 fully saturated rings.